The zero-order valence-corrected chi connectivity index (χ0v) is 14.8. The van der Waals surface area contributed by atoms with E-state index in [1.807, 2.05) is 0 Å². The molecule has 27 heavy (non-hydrogen) atoms. The van der Waals surface area contributed by atoms with Crippen LogP contribution in [0.2, 0.25) is 0 Å². The van der Waals surface area contributed by atoms with Crippen LogP contribution in [0.5, 0.6) is 11.5 Å². The number of rotatable bonds is 4. The van der Waals surface area contributed by atoms with Crippen LogP contribution >= 0.6 is 0 Å². The smallest absolute Gasteiger partial charge is 0.428 e. The number of phenolic OH excluding ortho intramolecular Hbond substituents is 1. The van der Waals surface area contributed by atoms with Crippen molar-refractivity contribution in [2.75, 3.05) is 7.11 Å². The number of ether oxygens (including phenoxy) is 1. The Morgan fingerprint density at radius 3 is 2.30 bits per heavy atom. The topological polar surface area (TPSA) is 118 Å². The van der Waals surface area contributed by atoms with Crippen molar-refractivity contribution in [3.05, 3.63) is 65.1 Å². The van der Waals surface area contributed by atoms with Crippen molar-refractivity contribution in [1.29, 1.82) is 5.39 Å². The molecule has 0 saturated heterocycles. The zero-order chi connectivity index (χ0) is 19.6. The van der Waals surface area contributed by atoms with Crippen molar-refractivity contribution in [3.63, 3.8) is 0 Å². The highest BCUT2D eigenvalue weighted by molar-refractivity contribution is 7.87. The number of nitrogens with zero attached hydrogens (tertiary/aromatic N) is 2. The highest BCUT2D eigenvalue weighted by Gasteiger charge is 2.28. The number of hydrogen-bond acceptors (Lipinski definition) is 7. The zero-order valence-electron chi connectivity index (χ0n) is 14.0. The number of carbonyl (C=O) groups is 1. The summed E-state index contributed by atoms with van der Waals surface area (Å²) in [5.74, 6) is -0.945. The normalized spacial score (nSPS) is 11.0. The highest BCUT2D eigenvalue weighted by Crippen LogP contribution is 2.39. The maximum absolute atomic E-state index is 12.8. The van der Waals surface area contributed by atoms with Crippen molar-refractivity contribution < 1.29 is 27.2 Å². The molecule has 3 aromatic carbocycles. The second-order valence-corrected chi connectivity index (χ2v) is 6.96. The number of diazo groups is 1. The molecule has 0 heterocycles. The molecule has 0 bridgehead atoms. The first-order chi connectivity index (χ1) is 12.9. The van der Waals surface area contributed by atoms with Gasteiger partial charge in [0.2, 0.25) is 11.1 Å². The predicted molar refractivity (Wildman–Crippen MR) is 96.0 cm³/mol. The molecule has 0 aliphatic heterocycles. The molecular weight excluding hydrogens is 372 g/mol. The molecule has 1 N–H and O–H groups in total. The fourth-order valence-electron chi connectivity index (χ4n) is 2.53. The van der Waals surface area contributed by atoms with E-state index >= 15 is 0 Å². The van der Waals surface area contributed by atoms with Gasteiger partial charge in [-0.05, 0) is 24.3 Å². The average molecular weight is 385 g/mol. The third-order valence-electron chi connectivity index (χ3n) is 3.82. The van der Waals surface area contributed by atoms with Gasteiger partial charge in [0.1, 0.15) is 10.6 Å². The second-order valence-electron chi connectivity index (χ2n) is 5.44. The molecule has 0 spiro atoms. The fourth-order valence-corrected chi connectivity index (χ4v) is 3.69. The SMILES string of the molecule is COC(=O)c1ccc(OS(=O)(=O)c2cc([N+]#N)c(O)c3ccccc23)cc1. The number of benzene rings is 3. The summed E-state index contributed by atoms with van der Waals surface area (Å²) < 4.78 is 35.2. The summed E-state index contributed by atoms with van der Waals surface area (Å²) in [4.78, 5) is 14.1. The number of hydrogen-bond donors (Lipinski definition) is 1. The lowest BCUT2D eigenvalue weighted by Gasteiger charge is -2.10. The van der Waals surface area contributed by atoms with Crippen LogP contribution in [0.1, 0.15) is 10.4 Å². The van der Waals surface area contributed by atoms with E-state index in [2.05, 4.69) is 9.71 Å². The van der Waals surface area contributed by atoms with Gasteiger partial charge in [-0.1, -0.05) is 24.3 Å². The number of aromatic hydroxyl groups is 1. The molecule has 0 aromatic heterocycles. The van der Waals surface area contributed by atoms with Gasteiger partial charge in [-0.25, -0.2) is 4.79 Å². The van der Waals surface area contributed by atoms with Gasteiger partial charge in [0, 0.05) is 10.8 Å². The van der Waals surface area contributed by atoms with Crippen LogP contribution in [0.25, 0.3) is 15.7 Å². The fraction of sp³-hybridized carbons (Fsp3) is 0.0556. The van der Waals surface area contributed by atoms with Gasteiger partial charge in [-0.2, -0.15) is 8.42 Å². The van der Waals surface area contributed by atoms with Gasteiger partial charge in [-0.3, -0.25) is 0 Å². The second kappa shape index (κ2) is 6.93. The third-order valence-corrected chi connectivity index (χ3v) is 5.10. The predicted octanol–water partition coefficient (Wildman–Crippen LogP) is 3.58. The molecule has 0 aliphatic rings. The summed E-state index contributed by atoms with van der Waals surface area (Å²) in [5, 5.41) is 19.5. The number of phenols is 1. The summed E-state index contributed by atoms with van der Waals surface area (Å²) in [7, 11) is -3.09. The van der Waals surface area contributed by atoms with E-state index in [0.29, 0.717) is 0 Å². The highest BCUT2D eigenvalue weighted by atomic mass is 32.2. The Balaban J connectivity index is 2.07. The van der Waals surface area contributed by atoms with Crippen LogP contribution in [0.4, 0.5) is 5.69 Å². The number of methoxy groups -OCH3 is 1. The van der Waals surface area contributed by atoms with E-state index < -0.39 is 16.1 Å². The van der Waals surface area contributed by atoms with Gasteiger partial charge in [0.05, 0.1) is 18.7 Å². The molecule has 0 atom stereocenters. The Bertz CT molecular complexity index is 1180. The van der Waals surface area contributed by atoms with Gasteiger partial charge < -0.3 is 14.0 Å². The minimum absolute atomic E-state index is 0.0257. The lowest BCUT2D eigenvalue weighted by Crippen LogP contribution is -2.10. The molecule has 136 valence electrons. The Labute approximate surface area is 154 Å². The van der Waals surface area contributed by atoms with E-state index in [9.17, 15) is 18.3 Å². The molecule has 8 nitrogen and oxygen atoms in total. The molecule has 0 aliphatic carbocycles. The van der Waals surface area contributed by atoms with E-state index in [1.54, 1.807) is 12.1 Å². The van der Waals surface area contributed by atoms with Crippen LogP contribution < -0.4 is 4.18 Å². The monoisotopic (exact) mass is 385 g/mol. The van der Waals surface area contributed by atoms with Gasteiger partial charge in [0.25, 0.3) is 0 Å². The van der Waals surface area contributed by atoms with Crippen LogP contribution in [-0.4, -0.2) is 26.6 Å². The first kappa shape index (κ1) is 18.2. The minimum Gasteiger partial charge on any atom is -0.501 e. The summed E-state index contributed by atoms with van der Waals surface area (Å²) in [6.45, 7) is 0. The summed E-state index contributed by atoms with van der Waals surface area (Å²) >= 11 is 0. The first-order valence-electron chi connectivity index (χ1n) is 7.60. The van der Waals surface area contributed by atoms with Crippen molar-refractivity contribution >= 4 is 32.5 Å². The molecule has 0 amide bonds. The van der Waals surface area contributed by atoms with E-state index in [4.69, 9.17) is 9.58 Å². The summed E-state index contributed by atoms with van der Waals surface area (Å²) in [6, 6.07) is 12.5. The maximum atomic E-state index is 12.8. The van der Waals surface area contributed by atoms with Gasteiger partial charge in [0.15, 0.2) is 4.98 Å². The van der Waals surface area contributed by atoms with Crippen LogP contribution in [0.3, 0.4) is 0 Å². The standard InChI is InChI=1S/C18H12N2O6S/c1-25-18(22)11-6-8-12(9-7-11)26-27(23,24)16-10-15(20-19)17(21)14-5-3-2-4-13(14)16/h2-10H,1H3/p+1. The third kappa shape index (κ3) is 3.38. The van der Waals surface area contributed by atoms with Crippen molar-refractivity contribution in [1.82, 2.24) is 0 Å². The Morgan fingerprint density at radius 2 is 1.70 bits per heavy atom. The van der Waals surface area contributed by atoms with Gasteiger partial charge >= 0.3 is 21.8 Å². The molecule has 0 fully saturated rings. The van der Waals surface area contributed by atoms with Crippen LogP contribution in [-0.2, 0) is 14.9 Å². The largest absolute Gasteiger partial charge is 0.501 e. The Morgan fingerprint density at radius 1 is 1.07 bits per heavy atom. The molecule has 0 unspecified atom stereocenters. The average Bonchev–Trinajstić information content (AvgIpc) is 2.68. The van der Waals surface area contributed by atoms with Crippen molar-refractivity contribution in [2.24, 2.45) is 0 Å². The lowest BCUT2D eigenvalue weighted by atomic mass is 10.1. The molecule has 3 rings (SSSR count). The molecule has 3 aromatic rings. The van der Waals surface area contributed by atoms with E-state index in [1.165, 1.54) is 43.5 Å². The van der Waals surface area contributed by atoms with Gasteiger partial charge in [-0.15, -0.1) is 0 Å². The molecule has 0 radical (unpaired) electrons. The Hall–Kier alpha value is -3.64. The summed E-state index contributed by atoms with van der Waals surface area (Å²) in [5.41, 5.74) is -0.0735. The minimum atomic E-state index is -4.33. The molecule has 9 heteroatoms. The first-order valence-corrected chi connectivity index (χ1v) is 9.01. The number of esters is 1. The van der Waals surface area contributed by atoms with Crippen molar-refractivity contribution in [2.45, 2.75) is 4.90 Å². The number of carbonyl (C=O) groups excluding carboxylic acids is 1. The summed E-state index contributed by atoms with van der Waals surface area (Å²) in [6.07, 6.45) is 0. The van der Waals surface area contributed by atoms with Crippen molar-refractivity contribution in [3.8, 4) is 11.5 Å². The maximum Gasteiger partial charge on any atom is 0.428 e. The molecular formula is C18H13N2O6S+. The quantitative estimate of drug-likeness (QED) is 0.414. The Kier molecular flexibility index (Phi) is 4.66. The lowest BCUT2D eigenvalue weighted by molar-refractivity contribution is 0.0600. The van der Waals surface area contributed by atoms with Crippen LogP contribution in [0, 0.1) is 5.39 Å². The molecule has 0 saturated carbocycles. The van der Waals surface area contributed by atoms with E-state index in [-0.39, 0.29) is 38.4 Å². The van der Waals surface area contributed by atoms with Crippen LogP contribution in [0.15, 0.2) is 59.5 Å². The number of fused-ring (bicyclic) bond motifs is 1. The van der Waals surface area contributed by atoms with E-state index in [0.717, 1.165) is 6.07 Å².